The summed E-state index contributed by atoms with van der Waals surface area (Å²) in [6.45, 7) is 2.03. The maximum Gasteiger partial charge on any atom is 0.301 e. The van der Waals surface area contributed by atoms with E-state index in [0.717, 1.165) is 31.3 Å². The van der Waals surface area contributed by atoms with Gasteiger partial charge in [-0.05, 0) is 42.1 Å². The highest BCUT2D eigenvalue weighted by atomic mass is 32.2. The van der Waals surface area contributed by atoms with Crippen LogP contribution >= 0.6 is 11.3 Å². The highest BCUT2D eigenvalue weighted by Crippen LogP contribution is 2.29. The molecule has 120 valence electrons. The molecule has 0 spiro atoms. The van der Waals surface area contributed by atoms with Crippen LogP contribution in [0.1, 0.15) is 5.56 Å². The fraction of sp³-hybridized carbons (Fsp3) is 0.188. The van der Waals surface area contributed by atoms with Crippen LogP contribution in [0.2, 0.25) is 0 Å². The maximum atomic E-state index is 12.0. The SMILES string of the molecule is Cc1cc(-c2cccs2)nc2cc(NS(=O)(=O)N(C)C)ccc12. The minimum Gasteiger partial charge on any atom is -0.271 e. The molecule has 0 saturated heterocycles. The molecular formula is C16H17N3O2S2. The van der Waals surface area contributed by atoms with Gasteiger partial charge in [0.2, 0.25) is 0 Å². The average Bonchev–Trinajstić information content (AvgIpc) is 3.00. The Kier molecular flexibility index (Phi) is 4.09. The van der Waals surface area contributed by atoms with Crippen molar-refractivity contribution in [3.05, 3.63) is 47.3 Å². The summed E-state index contributed by atoms with van der Waals surface area (Å²) in [5, 5.41) is 3.02. The van der Waals surface area contributed by atoms with Crippen LogP contribution in [0.3, 0.4) is 0 Å². The summed E-state index contributed by atoms with van der Waals surface area (Å²) in [4.78, 5) is 5.77. The minimum absolute atomic E-state index is 0.501. The molecule has 0 bridgehead atoms. The molecule has 0 saturated carbocycles. The molecule has 0 atom stereocenters. The van der Waals surface area contributed by atoms with Crippen molar-refractivity contribution in [2.24, 2.45) is 0 Å². The number of rotatable bonds is 4. The van der Waals surface area contributed by atoms with E-state index in [2.05, 4.69) is 15.8 Å². The monoisotopic (exact) mass is 347 g/mol. The lowest BCUT2D eigenvalue weighted by Gasteiger charge is -2.14. The molecule has 2 aromatic heterocycles. The van der Waals surface area contributed by atoms with Crippen LogP contribution in [0, 0.1) is 6.92 Å². The Hall–Kier alpha value is -1.96. The van der Waals surface area contributed by atoms with E-state index in [-0.39, 0.29) is 0 Å². The number of aryl methyl sites for hydroxylation is 1. The van der Waals surface area contributed by atoms with Gasteiger partial charge in [0.25, 0.3) is 0 Å². The van der Waals surface area contributed by atoms with E-state index in [9.17, 15) is 8.42 Å². The predicted octanol–water partition coefficient (Wildman–Crippen LogP) is 3.49. The van der Waals surface area contributed by atoms with Crippen molar-refractivity contribution in [3.63, 3.8) is 0 Å². The van der Waals surface area contributed by atoms with Crippen LogP contribution in [-0.2, 0) is 10.2 Å². The zero-order valence-electron chi connectivity index (χ0n) is 13.1. The molecule has 1 N–H and O–H groups in total. The van der Waals surface area contributed by atoms with Crippen molar-refractivity contribution in [2.75, 3.05) is 18.8 Å². The maximum absolute atomic E-state index is 12.0. The van der Waals surface area contributed by atoms with Crippen molar-refractivity contribution in [2.45, 2.75) is 6.92 Å². The minimum atomic E-state index is -3.53. The van der Waals surface area contributed by atoms with Gasteiger partial charge in [0.1, 0.15) is 0 Å². The number of hydrogen-bond donors (Lipinski definition) is 1. The molecule has 0 aliphatic carbocycles. The van der Waals surface area contributed by atoms with Crippen LogP contribution in [0.5, 0.6) is 0 Å². The average molecular weight is 347 g/mol. The van der Waals surface area contributed by atoms with Gasteiger partial charge in [-0.3, -0.25) is 4.72 Å². The van der Waals surface area contributed by atoms with Gasteiger partial charge in [-0.2, -0.15) is 12.7 Å². The zero-order chi connectivity index (χ0) is 16.6. The van der Waals surface area contributed by atoms with Crippen LogP contribution < -0.4 is 4.72 Å². The van der Waals surface area contributed by atoms with E-state index in [0.29, 0.717) is 5.69 Å². The van der Waals surface area contributed by atoms with Gasteiger partial charge in [-0.15, -0.1) is 11.3 Å². The first-order valence-corrected chi connectivity index (χ1v) is 9.34. The van der Waals surface area contributed by atoms with Gasteiger partial charge in [0, 0.05) is 19.5 Å². The molecular weight excluding hydrogens is 330 g/mol. The fourth-order valence-electron chi connectivity index (χ4n) is 2.26. The van der Waals surface area contributed by atoms with Crippen molar-refractivity contribution >= 4 is 38.1 Å². The molecule has 0 aliphatic heterocycles. The lowest BCUT2D eigenvalue weighted by molar-refractivity contribution is 0.527. The quantitative estimate of drug-likeness (QED) is 0.786. The third kappa shape index (κ3) is 3.21. The second-order valence-electron chi connectivity index (χ2n) is 5.42. The summed E-state index contributed by atoms with van der Waals surface area (Å²) in [5.74, 6) is 0. The van der Waals surface area contributed by atoms with Gasteiger partial charge in [0.05, 0.1) is 21.8 Å². The number of thiophene rings is 1. The molecule has 5 nitrogen and oxygen atoms in total. The van der Waals surface area contributed by atoms with Gasteiger partial charge in [-0.25, -0.2) is 4.98 Å². The summed E-state index contributed by atoms with van der Waals surface area (Å²) in [7, 11) is -0.552. The summed E-state index contributed by atoms with van der Waals surface area (Å²) in [6.07, 6.45) is 0. The Bertz CT molecular complexity index is 949. The topological polar surface area (TPSA) is 62.3 Å². The largest absolute Gasteiger partial charge is 0.301 e. The molecule has 0 fully saturated rings. The van der Waals surface area contributed by atoms with Crippen LogP contribution in [0.25, 0.3) is 21.5 Å². The Labute approximate surface area is 139 Å². The van der Waals surface area contributed by atoms with E-state index in [1.165, 1.54) is 14.1 Å². The number of fused-ring (bicyclic) bond motifs is 1. The Balaban J connectivity index is 2.08. The van der Waals surface area contributed by atoms with E-state index < -0.39 is 10.2 Å². The van der Waals surface area contributed by atoms with E-state index in [1.54, 1.807) is 23.5 Å². The number of nitrogens with one attached hydrogen (secondary N) is 1. The zero-order valence-corrected chi connectivity index (χ0v) is 14.7. The second-order valence-corrected chi connectivity index (χ2v) is 8.26. The smallest absolute Gasteiger partial charge is 0.271 e. The number of benzene rings is 1. The van der Waals surface area contributed by atoms with E-state index in [4.69, 9.17) is 0 Å². The lowest BCUT2D eigenvalue weighted by Crippen LogP contribution is -2.28. The van der Waals surface area contributed by atoms with Crippen LogP contribution in [0.15, 0.2) is 41.8 Å². The third-order valence-electron chi connectivity index (χ3n) is 3.52. The summed E-state index contributed by atoms with van der Waals surface area (Å²) in [5.41, 5.74) is 3.28. The first-order valence-electron chi connectivity index (χ1n) is 7.02. The van der Waals surface area contributed by atoms with Crippen LogP contribution in [0.4, 0.5) is 5.69 Å². The number of nitrogens with zero attached hydrogens (tertiary/aromatic N) is 2. The number of hydrogen-bond acceptors (Lipinski definition) is 4. The summed E-state index contributed by atoms with van der Waals surface area (Å²) < 4.78 is 27.6. The van der Waals surface area contributed by atoms with Gasteiger partial charge in [-0.1, -0.05) is 12.1 Å². The third-order valence-corrected chi connectivity index (χ3v) is 5.87. The molecule has 23 heavy (non-hydrogen) atoms. The molecule has 0 aliphatic rings. The Morgan fingerprint density at radius 3 is 2.61 bits per heavy atom. The van der Waals surface area contributed by atoms with E-state index >= 15 is 0 Å². The Morgan fingerprint density at radius 2 is 1.96 bits per heavy atom. The summed E-state index contributed by atoms with van der Waals surface area (Å²) in [6, 6.07) is 11.5. The first kappa shape index (κ1) is 15.9. The van der Waals surface area contributed by atoms with Crippen molar-refractivity contribution < 1.29 is 8.42 Å². The lowest BCUT2D eigenvalue weighted by atomic mass is 10.1. The Morgan fingerprint density at radius 1 is 1.17 bits per heavy atom. The molecule has 7 heteroatoms. The summed E-state index contributed by atoms with van der Waals surface area (Å²) >= 11 is 1.63. The first-order chi connectivity index (χ1) is 10.9. The molecule has 0 amide bonds. The normalized spacial score (nSPS) is 12.0. The molecule has 1 aromatic carbocycles. The van der Waals surface area contributed by atoms with Crippen molar-refractivity contribution in [3.8, 4) is 10.6 Å². The van der Waals surface area contributed by atoms with Gasteiger partial charge < -0.3 is 0 Å². The second kappa shape index (κ2) is 5.92. The highest BCUT2D eigenvalue weighted by Gasteiger charge is 2.14. The number of anilines is 1. The number of pyridine rings is 1. The molecule has 0 unspecified atom stereocenters. The molecule has 3 rings (SSSR count). The molecule has 2 heterocycles. The van der Waals surface area contributed by atoms with Crippen molar-refractivity contribution in [1.29, 1.82) is 0 Å². The molecule has 0 radical (unpaired) electrons. The molecule has 3 aromatic rings. The van der Waals surface area contributed by atoms with Gasteiger partial charge >= 0.3 is 10.2 Å². The standard InChI is InChI=1S/C16H17N3O2S2/c1-11-9-15(16-5-4-8-22-16)17-14-10-12(6-7-13(11)14)18-23(20,21)19(2)3/h4-10,18H,1-3H3. The number of aromatic nitrogens is 1. The fourth-order valence-corrected chi connectivity index (χ4v) is 3.55. The van der Waals surface area contributed by atoms with Crippen molar-refractivity contribution in [1.82, 2.24) is 9.29 Å². The van der Waals surface area contributed by atoms with E-state index in [1.807, 2.05) is 30.5 Å². The highest BCUT2D eigenvalue weighted by molar-refractivity contribution is 7.90. The van der Waals surface area contributed by atoms with Gasteiger partial charge in [0.15, 0.2) is 0 Å². The van der Waals surface area contributed by atoms with Crippen LogP contribution in [-0.4, -0.2) is 31.8 Å². The predicted molar refractivity (Wildman–Crippen MR) is 96.0 cm³/mol.